The number of rotatable bonds is 13. The maximum atomic E-state index is 12.1. The molecule has 2 aliphatic heterocycles. The van der Waals surface area contributed by atoms with Crippen molar-refractivity contribution in [1.82, 2.24) is 10.2 Å². The summed E-state index contributed by atoms with van der Waals surface area (Å²) in [6, 6.07) is 28.2. The number of hydrogen-bond donors (Lipinski definition) is 3. The van der Waals surface area contributed by atoms with Gasteiger partial charge in [-0.3, -0.25) is 14.5 Å². The smallest absolute Gasteiger partial charge is 0.303 e. The maximum absolute atomic E-state index is 12.1. The number of hydrogen-bond acceptors (Lipinski definition) is 8. The largest absolute Gasteiger partial charge is 0.493 e. The van der Waals surface area contributed by atoms with E-state index in [1.807, 2.05) is 66.7 Å². The lowest BCUT2D eigenvalue weighted by molar-refractivity contribution is -0.276. The molecule has 2 heterocycles. The van der Waals surface area contributed by atoms with Crippen molar-refractivity contribution >= 4 is 11.9 Å². The first-order valence-electron chi connectivity index (χ1n) is 17.4. The van der Waals surface area contributed by atoms with Crippen LogP contribution in [0.5, 0.6) is 11.5 Å². The van der Waals surface area contributed by atoms with Crippen LogP contribution in [0.25, 0.3) is 11.1 Å². The fourth-order valence-corrected chi connectivity index (χ4v) is 6.92. The molecular formula is C41H46N2O8. The van der Waals surface area contributed by atoms with E-state index in [4.69, 9.17) is 24.1 Å². The minimum absolute atomic E-state index is 0.0199. The molecule has 10 nitrogen and oxygen atoms in total. The third-order valence-corrected chi connectivity index (χ3v) is 9.83. The zero-order chi connectivity index (χ0) is 35.9. The van der Waals surface area contributed by atoms with Gasteiger partial charge in [-0.15, -0.1) is 0 Å². The van der Waals surface area contributed by atoms with Gasteiger partial charge in [0.05, 0.1) is 39.5 Å². The summed E-state index contributed by atoms with van der Waals surface area (Å²) in [5.41, 5.74) is 8.14. The highest BCUT2D eigenvalue weighted by Crippen LogP contribution is 2.43. The van der Waals surface area contributed by atoms with Gasteiger partial charge in [-0.2, -0.15) is 0 Å². The second-order valence-electron chi connectivity index (χ2n) is 13.3. The summed E-state index contributed by atoms with van der Waals surface area (Å²) in [5.74, 6) is 0.223. The fourth-order valence-electron chi connectivity index (χ4n) is 6.92. The Morgan fingerprint density at radius 1 is 0.843 bits per heavy atom. The highest BCUT2D eigenvalue weighted by atomic mass is 16.7. The number of ether oxygens (including phenoxy) is 4. The van der Waals surface area contributed by atoms with Crippen molar-refractivity contribution in [3.63, 3.8) is 0 Å². The minimum Gasteiger partial charge on any atom is -0.493 e. The second-order valence-corrected chi connectivity index (χ2v) is 13.3. The van der Waals surface area contributed by atoms with E-state index in [-0.39, 0.29) is 43.5 Å². The molecule has 0 bridgehead atoms. The molecule has 0 aromatic heterocycles. The summed E-state index contributed by atoms with van der Waals surface area (Å²) in [5, 5.41) is 21.3. The monoisotopic (exact) mass is 694 g/mol. The lowest BCUT2D eigenvalue weighted by atomic mass is 9.89. The Bertz CT molecular complexity index is 1830. The van der Waals surface area contributed by atoms with Crippen LogP contribution in [0.2, 0.25) is 0 Å². The number of fused-ring (bicyclic) bond motifs is 1. The van der Waals surface area contributed by atoms with E-state index < -0.39 is 12.3 Å². The van der Waals surface area contributed by atoms with Crippen molar-refractivity contribution in [1.29, 1.82) is 0 Å². The number of benzene rings is 4. The normalized spacial score (nSPS) is 20.3. The molecule has 268 valence electrons. The number of nitrogens with zero attached hydrogens (tertiary/aromatic N) is 1. The number of aliphatic hydroxyl groups excluding tert-OH is 1. The predicted octanol–water partition coefficient (Wildman–Crippen LogP) is 6.19. The van der Waals surface area contributed by atoms with Crippen LogP contribution >= 0.6 is 0 Å². The molecule has 4 atom stereocenters. The SMILES string of the molecule is COc1cc2c(cc1OC)CN(CC1OC(c3cccc(-c4cccc(CNC(=O)CCC(=O)O)c4)c3)OC(c3ccc(CO)cc3)C1C)CC2. The molecule has 0 radical (unpaired) electrons. The molecule has 3 N–H and O–H groups in total. The van der Waals surface area contributed by atoms with Crippen LogP contribution < -0.4 is 14.8 Å². The van der Waals surface area contributed by atoms with Crippen LogP contribution in [0.1, 0.15) is 65.5 Å². The van der Waals surface area contributed by atoms with Crippen LogP contribution in [0, 0.1) is 5.92 Å². The van der Waals surface area contributed by atoms with Crippen molar-refractivity contribution in [2.75, 3.05) is 27.3 Å². The van der Waals surface area contributed by atoms with Crippen molar-refractivity contribution in [2.45, 2.75) is 64.4 Å². The van der Waals surface area contributed by atoms with Gasteiger partial charge >= 0.3 is 5.97 Å². The Labute approximate surface area is 298 Å². The van der Waals surface area contributed by atoms with Crippen LogP contribution in [0.3, 0.4) is 0 Å². The lowest BCUT2D eigenvalue weighted by Gasteiger charge is -2.43. The third kappa shape index (κ3) is 8.77. The van der Waals surface area contributed by atoms with Gasteiger partial charge in [-0.25, -0.2) is 0 Å². The van der Waals surface area contributed by atoms with E-state index in [2.05, 4.69) is 35.3 Å². The number of carbonyl (C=O) groups excluding carboxylic acids is 1. The second kappa shape index (κ2) is 16.5. The van der Waals surface area contributed by atoms with E-state index in [1.54, 1.807) is 14.2 Å². The Balaban J connectivity index is 1.23. The van der Waals surface area contributed by atoms with Crippen LogP contribution in [0.4, 0.5) is 0 Å². The zero-order valence-electron chi connectivity index (χ0n) is 29.3. The van der Waals surface area contributed by atoms with E-state index in [0.717, 1.165) is 70.9 Å². The molecule has 51 heavy (non-hydrogen) atoms. The fraction of sp³-hybridized carbons (Fsp3) is 0.366. The molecule has 4 aromatic carbocycles. The Morgan fingerprint density at radius 3 is 2.25 bits per heavy atom. The molecule has 10 heteroatoms. The van der Waals surface area contributed by atoms with Crippen molar-refractivity contribution in [3.8, 4) is 22.6 Å². The molecule has 2 aliphatic rings. The summed E-state index contributed by atoms with van der Waals surface area (Å²) in [7, 11) is 3.32. The standard InChI is InChI=1S/C41H46N2O8/c1-26-37(24-43-17-16-32-20-35(48-2)36(49-3)21-34(32)23-43)50-41(51-40(26)29-12-10-27(25-44)11-13-29)33-9-5-8-31(19-33)30-7-4-6-28(18-30)22-42-38(45)14-15-39(46)47/h4-13,18-21,26,37,40-41,44H,14-17,22-25H2,1-3H3,(H,42,45)(H,46,47). The number of nitrogens with one attached hydrogen (secondary N) is 1. The molecule has 1 saturated heterocycles. The van der Waals surface area contributed by atoms with Crippen LogP contribution in [-0.4, -0.2) is 60.4 Å². The molecule has 6 rings (SSSR count). The highest BCUT2D eigenvalue weighted by Gasteiger charge is 2.39. The van der Waals surface area contributed by atoms with Gasteiger partial charge in [-0.1, -0.05) is 67.6 Å². The van der Waals surface area contributed by atoms with Crippen molar-refractivity contribution < 1.29 is 38.7 Å². The van der Waals surface area contributed by atoms with Gasteiger partial charge < -0.3 is 34.5 Å². The quantitative estimate of drug-likeness (QED) is 0.150. The first kappa shape index (κ1) is 36.1. The molecular weight excluding hydrogens is 648 g/mol. The summed E-state index contributed by atoms with van der Waals surface area (Å²) in [6.45, 7) is 4.85. The number of carbonyl (C=O) groups is 2. The Hall–Kier alpha value is -4.74. The zero-order valence-corrected chi connectivity index (χ0v) is 29.3. The van der Waals surface area contributed by atoms with Crippen molar-refractivity contribution in [3.05, 3.63) is 118 Å². The molecule has 0 spiro atoms. The van der Waals surface area contributed by atoms with E-state index >= 15 is 0 Å². The van der Waals surface area contributed by atoms with Gasteiger partial charge in [0.25, 0.3) is 0 Å². The average molecular weight is 695 g/mol. The lowest BCUT2D eigenvalue weighted by Crippen LogP contribution is -2.45. The van der Waals surface area contributed by atoms with E-state index in [1.165, 1.54) is 11.1 Å². The number of carboxylic acid groups (broad SMARTS) is 1. The first-order chi connectivity index (χ1) is 24.7. The number of carboxylic acids is 1. The van der Waals surface area contributed by atoms with Gasteiger partial charge in [0.1, 0.15) is 0 Å². The predicted molar refractivity (Wildman–Crippen MR) is 192 cm³/mol. The average Bonchev–Trinajstić information content (AvgIpc) is 3.16. The topological polar surface area (TPSA) is 127 Å². The minimum atomic E-state index is -0.996. The molecule has 0 saturated carbocycles. The summed E-state index contributed by atoms with van der Waals surface area (Å²) >= 11 is 0. The summed E-state index contributed by atoms with van der Waals surface area (Å²) < 4.78 is 24.8. The van der Waals surface area contributed by atoms with Crippen LogP contribution in [0.15, 0.2) is 84.9 Å². The van der Waals surface area contributed by atoms with Gasteiger partial charge in [0.2, 0.25) is 5.91 Å². The van der Waals surface area contributed by atoms with E-state index in [0.29, 0.717) is 6.54 Å². The van der Waals surface area contributed by atoms with Gasteiger partial charge in [-0.05, 0) is 69.6 Å². The summed E-state index contributed by atoms with van der Waals surface area (Å²) in [6.07, 6.45) is -0.346. The molecule has 1 fully saturated rings. The van der Waals surface area contributed by atoms with Crippen molar-refractivity contribution in [2.24, 2.45) is 5.92 Å². The molecule has 0 aliphatic carbocycles. The number of amides is 1. The number of aliphatic carboxylic acids is 1. The van der Waals surface area contributed by atoms with E-state index in [9.17, 15) is 14.7 Å². The Kier molecular flexibility index (Phi) is 11.7. The number of aliphatic hydroxyl groups is 1. The Morgan fingerprint density at radius 2 is 1.55 bits per heavy atom. The highest BCUT2D eigenvalue weighted by molar-refractivity contribution is 5.80. The number of methoxy groups -OCH3 is 2. The molecule has 1 amide bonds. The van der Waals surface area contributed by atoms with Gasteiger partial charge in [0.15, 0.2) is 17.8 Å². The maximum Gasteiger partial charge on any atom is 0.303 e. The summed E-state index contributed by atoms with van der Waals surface area (Å²) in [4.78, 5) is 25.4. The van der Waals surface area contributed by atoms with Gasteiger partial charge in [0, 0.05) is 44.1 Å². The molecule has 4 aromatic rings. The third-order valence-electron chi connectivity index (χ3n) is 9.83. The van der Waals surface area contributed by atoms with Crippen LogP contribution in [-0.2, 0) is 45.2 Å². The first-order valence-corrected chi connectivity index (χ1v) is 17.4. The molecule has 4 unspecified atom stereocenters.